The van der Waals surface area contributed by atoms with Gasteiger partial charge in [0.15, 0.2) is 5.82 Å². The summed E-state index contributed by atoms with van der Waals surface area (Å²) in [6.07, 6.45) is 1.72. The molecule has 3 rings (SSSR count). The molecule has 3 heterocycles. The quantitative estimate of drug-likeness (QED) is 0.752. The van der Waals surface area contributed by atoms with Crippen molar-refractivity contribution in [1.29, 1.82) is 0 Å². The normalized spacial score (nSPS) is 12.7. The van der Waals surface area contributed by atoms with Crippen molar-refractivity contribution in [2.45, 2.75) is 26.4 Å². The number of rotatable bonds is 6. The van der Waals surface area contributed by atoms with E-state index in [9.17, 15) is 0 Å². The second kappa shape index (κ2) is 6.37. The van der Waals surface area contributed by atoms with Crippen LogP contribution in [0.1, 0.15) is 24.6 Å². The number of hydrogen-bond acceptors (Lipinski definition) is 7. The molecule has 0 aromatic carbocycles. The third-order valence-electron chi connectivity index (χ3n) is 3.34. The molecule has 0 unspecified atom stereocenters. The maximum absolute atomic E-state index is 5.12. The van der Waals surface area contributed by atoms with E-state index in [2.05, 4.69) is 25.5 Å². The van der Waals surface area contributed by atoms with Crippen LogP contribution < -0.4 is 5.32 Å². The lowest BCUT2D eigenvalue weighted by Gasteiger charge is -2.16. The van der Waals surface area contributed by atoms with Crippen LogP contribution in [0, 0.1) is 6.92 Å². The first-order valence-corrected chi connectivity index (χ1v) is 7.92. The van der Waals surface area contributed by atoms with Gasteiger partial charge in [-0.3, -0.25) is 0 Å². The number of methoxy groups -OCH3 is 1. The minimum atomic E-state index is -0.0149. The number of hydrogen-bond donors (Lipinski definition) is 1. The molecule has 1 atom stereocenters. The van der Waals surface area contributed by atoms with E-state index in [-0.39, 0.29) is 6.04 Å². The molecule has 0 spiro atoms. The number of nitrogens with zero attached hydrogens (tertiary/aromatic N) is 5. The minimum absolute atomic E-state index is 0.0149. The molecule has 0 saturated carbocycles. The fraction of sp³-hybridized carbons (Fsp3) is 0.429. The Bertz CT molecular complexity index is 768. The van der Waals surface area contributed by atoms with Crippen LogP contribution in [0.5, 0.6) is 0 Å². The zero-order chi connectivity index (χ0) is 15.5. The van der Waals surface area contributed by atoms with Crippen molar-refractivity contribution >= 4 is 27.4 Å². The number of thiophene rings is 1. The summed E-state index contributed by atoms with van der Waals surface area (Å²) < 4.78 is 8.16. The predicted molar refractivity (Wildman–Crippen MR) is 86.1 cm³/mol. The van der Waals surface area contributed by atoms with Gasteiger partial charge in [-0.25, -0.2) is 9.97 Å². The van der Waals surface area contributed by atoms with Crippen molar-refractivity contribution in [2.75, 3.05) is 19.0 Å². The van der Waals surface area contributed by atoms with E-state index in [0.717, 1.165) is 34.2 Å². The molecule has 1 N–H and O–H groups in total. The molecule has 116 valence electrons. The van der Waals surface area contributed by atoms with Gasteiger partial charge in [-0.1, -0.05) is 0 Å². The first-order valence-electron chi connectivity index (χ1n) is 7.04. The van der Waals surface area contributed by atoms with Crippen molar-refractivity contribution in [2.24, 2.45) is 0 Å². The van der Waals surface area contributed by atoms with E-state index in [1.807, 2.05) is 29.9 Å². The lowest BCUT2D eigenvalue weighted by molar-refractivity contribution is 0.186. The third-order valence-corrected chi connectivity index (χ3v) is 4.25. The van der Waals surface area contributed by atoms with Crippen LogP contribution in [-0.4, -0.2) is 38.4 Å². The Morgan fingerprint density at radius 3 is 3.09 bits per heavy atom. The van der Waals surface area contributed by atoms with Crippen LogP contribution in [0.3, 0.4) is 0 Å². The number of anilines is 1. The molecule has 22 heavy (non-hydrogen) atoms. The van der Waals surface area contributed by atoms with Gasteiger partial charge in [0, 0.05) is 13.7 Å². The summed E-state index contributed by atoms with van der Waals surface area (Å²) in [6.45, 7) is 5.29. The van der Waals surface area contributed by atoms with E-state index in [1.54, 1.807) is 24.8 Å². The Labute approximate surface area is 132 Å². The summed E-state index contributed by atoms with van der Waals surface area (Å²) in [5.74, 6) is 2.45. The van der Waals surface area contributed by atoms with Crippen LogP contribution in [-0.2, 0) is 11.3 Å². The zero-order valence-corrected chi connectivity index (χ0v) is 13.6. The standard InChI is InChI=1S/C14H18N6OS/c1-9(14-19-15-8-20(14)5-6-21-3)16-13-12-11(4-7-22-12)17-10(2)18-13/h4,7-9H,5-6H2,1-3H3,(H,16,17,18)/t9-/m0/s1. The van der Waals surface area contributed by atoms with Gasteiger partial charge >= 0.3 is 0 Å². The van der Waals surface area contributed by atoms with Crippen LogP contribution in [0.2, 0.25) is 0 Å². The molecule has 0 bridgehead atoms. The van der Waals surface area contributed by atoms with E-state index in [1.165, 1.54) is 0 Å². The first-order chi connectivity index (χ1) is 10.7. The summed E-state index contributed by atoms with van der Waals surface area (Å²) in [5.41, 5.74) is 0.966. The van der Waals surface area contributed by atoms with Gasteiger partial charge in [0.1, 0.15) is 18.0 Å². The Hall–Kier alpha value is -2.06. The highest BCUT2D eigenvalue weighted by atomic mass is 32.1. The van der Waals surface area contributed by atoms with Gasteiger partial charge in [0.2, 0.25) is 0 Å². The molecule has 8 heteroatoms. The van der Waals surface area contributed by atoms with Crippen LogP contribution in [0.15, 0.2) is 17.8 Å². The molecule has 0 aliphatic carbocycles. The van der Waals surface area contributed by atoms with E-state index in [0.29, 0.717) is 6.61 Å². The molecule has 0 amide bonds. The molecule has 0 saturated heterocycles. The average molecular weight is 318 g/mol. The predicted octanol–water partition coefficient (Wildman–Crippen LogP) is 2.41. The Balaban J connectivity index is 1.85. The molecule has 0 fully saturated rings. The number of aromatic nitrogens is 5. The monoisotopic (exact) mass is 318 g/mol. The largest absolute Gasteiger partial charge is 0.383 e. The van der Waals surface area contributed by atoms with Gasteiger partial charge in [-0.05, 0) is 25.3 Å². The van der Waals surface area contributed by atoms with Crippen molar-refractivity contribution in [1.82, 2.24) is 24.7 Å². The van der Waals surface area contributed by atoms with Crippen molar-refractivity contribution in [3.63, 3.8) is 0 Å². The van der Waals surface area contributed by atoms with Crippen LogP contribution in [0.25, 0.3) is 10.2 Å². The molecule has 0 aliphatic heterocycles. The summed E-state index contributed by atoms with van der Waals surface area (Å²) in [6, 6.07) is 1.99. The van der Waals surface area contributed by atoms with Gasteiger partial charge in [0.05, 0.1) is 22.9 Å². The molecule has 0 radical (unpaired) electrons. The highest BCUT2D eigenvalue weighted by Gasteiger charge is 2.16. The van der Waals surface area contributed by atoms with Gasteiger partial charge in [-0.15, -0.1) is 21.5 Å². The number of nitrogens with one attached hydrogen (secondary N) is 1. The van der Waals surface area contributed by atoms with E-state index < -0.39 is 0 Å². The molecular weight excluding hydrogens is 300 g/mol. The second-order valence-electron chi connectivity index (χ2n) is 5.00. The Morgan fingerprint density at radius 2 is 2.27 bits per heavy atom. The fourth-order valence-electron chi connectivity index (χ4n) is 2.31. The van der Waals surface area contributed by atoms with Gasteiger partial charge in [0.25, 0.3) is 0 Å². The van der Waals surface area contributed by atoms with E-state index >= 15 is 0 Å². The average Bonchev–Trinajstić information content (AvgIpc) is 3.13. The smallest absolute Gasteiger partial charge is 0.155 e. The summed E-state index contributed by atoms with van der Waals surface area (Å²) in [5, 5.41) is 13.7. The summed E-state index contributed by atoms with van der Waals surface area (Å²) in [7, 11) is 1.68. The zero-order valence-electron chi connectivity index (χ0n) is 12.8. The molecule has 7 nitrogen and oxygen atoms in total. The highest BCUT2D eigenvalue weighted by Crippen LogP contribution is 2.28. The number of aryl methyl sites for hydroxylation is 1. The number of fused-ring (bicyclic) bond motifs is 1. The Morgan fingerprint density at radius 1 is 1.41 bits per heavy atom. The summed E-state index contributed by atoms with van der Waals surface area (Å²) in [4.78, 5) is 8.96. The lowest BCUT2D eigenvalue weighted by Crippen LogP contribution is -2.16. The number of ether oxygens (including phenoxy) is 1. The molecule has 0 aliphatic rings. The molecule has 3 aromatic heterocycles. The lowest BCUT2D eigenvalue weighted by atomic mass is 10.3. The fourth-order valence-corrected chi connectivity index (χ4v) is 3.09. The van der Waals surface area contributed by atoms with Crippen molar-refractivity contribution < 1.29 is 4.74 Å². The molecular formula is C14H18N6OS. The Kier molecular flexibility index (Phi) is 4.30. The van der Waals surface area contributed by atoms with E-state index in [4.69, 9.17) is 4.74 Å². The highest BCUT2D eigenvalue weighted by molar-refractivity contribution is 7.17. The van der Waals surface area contributed by atoms with Crippen LogP contribution in [0.4, 0.5) is 5.82 Å². The maximum atomic E-state index is 5.12. The van der Waals surface area contributed by atoms with Gasteiger partial charge < -0.3 is 14.6 Å². The van der Waals surface area contributed by atoms with Crippen molar-refractivity contribution in [3.05, 3.63) is 29.4 Å². The maximum Gasteiger partial charge on any atom is 0.155 e. The minimum Gasteiger partial charge on any atom is -0.383 e. The van der Waals surface area contributed by atoms with Gasteiger partial charge in [-0.2, -0.15) is 0 Å². The SMILES string of the molecule is COCCn1cnnc1[C@H](C)Nc1nc(C)nc2ccsc12. The third kappa shape index (κ3) is 2.93. The van der Waals surface area contributed by atoms with Crippen LogP contribution >= 0.6 is 11.3 Å². The molecule has 3 aromatic rings. The van der Waals surface area contributed by atoms with Crippen molar-refractivity contribution in [3.8, 4) is 0 Å². The summed E-state index contributed by atoms with van der Waals surface area (Å²) >= 11 is 1.63. The topological polar surface area (TPSA) is 77.8 Å². The second-order valence-corrected chi connectivity index (χ2v) is 5.91. The first kappa shape index (κ1) is 14.9.